The highest BCUT2D eigenvalue weighted by molar-refractivity contribution is 14.1. The summed E-state index contributed by atoms with van der Waals surface area (Å²) in [6.07, 6.45) is 3.10. The van der Waals surface area contributed by atoms with Crippen molar-refractivity contribution in [3.8, 4) is 11.3 Å². The number of thioether (sulfide) groups is 1. The molecule has 0 saturated heterocycles. The summed E-state index contributed by atoms with van der Waals surface area (Å²) in [7, 11) is -3.16. The lowest BCUT2D eigenvalue weighted by molar-refractivity contribution is 0.350. The normalized spacial score (nSPS) is 11.7. The number of nitrogens with zero attached hydrogens (tertiary/aromatic N) is 1. The van der Waals surface area contributed by atoms with Gasteiger partial charge in [-0.05, 0) is 41.0 Å². The zero-order chi connectivity index (χ0) is 13.3. The van der Waals surface area contributed by atoms with Crippen LogP contribution in [0.3, 0.4) is 0 Å². The lowest BCUT2D eigenvalue weighted by Gasteiger charge is -2.00. The Kier molecular flexibility index (Phi) is 4.02. The van der Waals surface area contributed by atoms with Crippen molar-refractivity contribution in [2.24, 2.45) is 0 Å². The summed E-state index contributed by atoms with van der Waals surface area (Å²) in [5.74, 6) is 0. The summed E-state index contributed by atoms with van der Waals surface area (Å²) in [5.41, 5.74) is 1.58. The second kappa shape index (κ2) is 5.22. The minimum atomic E-state index is -3.16. The number of halogens is 1. The average Bonchev–Trinajstić information content (AvgIpc) is 2.69. The summed E-state index contributed by atoms with van der Waals surface area (Å²) in [6.45, 7) is 0. The standard InChI is InChI=1S/C11H10INO3S2/c1-17-11-9(12)10(13-16-11)7-3-5-8(6-4-7)18(2,14)15/h3-6H,1-2H3. The summed E-state index contributed by atoms with van der Waals surface area (Å²) in [4.78, 5) is 0.301. The molecule has 1 heterocycles. The van der Waals surface area contributed by atoms with E-state index < -0.39 is 9.84 Å². The largest absolute Gasteiger partial charge is 0.348 e. The highest BCUT2D eigenvalue weighted by atomic mass is 127. The van der Waals surface area contributed by atoms with E-state index in [0.717, 1.165) is 19.9 Å². The van der Waals surface area contributed by atoms with Crippen molar-refractivity contribution in [1.29, 1.82) is 0 Å². The Hall–Kier alpha value is -0.540. The van der Waals surface area contributed by atoms with Gasteiger partial charge in [-0.2, -0.15) is 0 Å². The Morgan fingerprint density at radius 2 is 1.89 bits per heavy atom. The van der Waals surface area contributed by atoms with Crippen LogP contribution in [0.5, 0.6) is 0 Å². The minimum Gasteiger partial charge on any atom is -0.348 e. The van der Waals surface area contributed by atoms with E-state index in [1.54, 1.807) is 24.3 Å². The molecule has 18 heavy (non-hydrogen) atoms. The van der Waals surface area contributed by atoms with Crippen molar-refractivity contribution in [2.75, 3.05) is 12.5 Å². The SMILES string of the molecule is CSc1onc(-c2ccc(S(C)(=O)=O)cc2)c1I. The first-order chi connectivity index (χ1) is 8.43. The molecule has 0 fully saturated rings. The van der Waals surface area contributed by atoms with Gasteiger partial charge >= 0.3 is 0 Å². The summed E-state index contributed by atoms with van der Waals surface area (Å²) < 4.78 is 28.8. The monoisotopic (exact) mass is 395 g/mol. The summed E-state index contributed by atoms with van der Waals surface area (Å²) in [6, 6.07) is 6.63. The van der Waals surface area contributed by atoms with Gasteiger partial charge in [-0.3, -0.25) is 0 Å². The second-order valence-corrected chi connectivity index (χ2v) is 7.51. The maximum absolute atomic E-state index is 11.4. The molecule has 0 aliphatic rings. The molecule has 0 N–H and O–H groups in total. The van der Waals surface area contributed by atoms with Crippen molar-refractivity contribution in [3.63, 3.8) is 0 Å². The van der Waals surface area contributed by atoms with Crippen LogP contribution in [-0.4, -0.2) is 26.1 Å². The fourth-order valence-electron chi connectivity index (χ4n) is 1.43. The van der Waals surface area contributed by atoms with E-state index in [1.807, 2.05) is 6.26 Å². The van der Waals surface area contributed by atoms with E-state index in [-0.39, 0.29) is 0 Å². The van der Waals surface area contributed by atoms with Crippen LogP contribution in [0, 0.1) is 3.57 Å². The summed E-state index contributed by atoms with van der Waals surface area (Å²) in [5, 5.41) is 4.76. The van der Waals surface area contributed by atoms with Crippen LogP contribution < -0.4 is 0 Å². The van der Waals surface area contributed by atoms with E-state index in [4.69, 9.17) is 4.52 Å². The third-order valence-corrected chi connectivity index (χ3v) is 5.49. The van der Waals surface area contributed by atoms with Crippen LogP contribution in [0.2, 0.25) is 0 Å². The average molecular weight is 395 g/mol. The lowest BCUT2D eigenvalue weighted by atomic mass is 10.2. The number of benzene rings is 1. The van der Waals surface area contributed by atoms with Crippen molar-refractivity contribution < 1.29 is 12.9 Å². The maximum Gasteiger partial charge on any atom is 0.206 e. The molecule has 0 atom stereocenters. The van der Waals surface area contributed by atoms with Gasteiger partial charge in [0.05, 0.1) is 8.47 Å². The van der Waals surface area contributed by atoms with Crippen molar-refractivity contribution in [1.82, 2.24) is 5.16 Å². The van der Waals surface area contributed by atoms with Crippen LogP contribution in [0.15, 0.2) is 38.8 Å². The molecular formula is C11H10INO3S2. The van der Waals surface area contributed by atoms with Gasteiger partial charge in [-0.1, -0.05) is 29.1 Å². The first kappa shape index (κ1) is 13.9. The van der Waals surface area contributed by atoms with Gasteiger partial charge in [-0.25, -0.2) is 8.42 Å². The number of aromatic nitrogens is 1. The van der Waals surface area contributed by atoms with E-state index >= 15 is 0 Å². The first-order valence-electron chi connectivity index (χ1n) is 4.93. The van der Waals surface area contributed by atoms with Crippen LogP contribution >= 0.6 is 34.4 Å². The minimum absolute atomic E-state index is 0.301. The molecule has 0 spiro atoms. The number of hydrogen-bond donors (Lipinski definition) is 0. The fraction of sp³-hybridized carbons (Fsp3) is 0.182. The first-order valence-corrected chi connectivity index (χ1v) is 9.12. The molecule has 0 radical (unpaired) electrons. The van der Waals surface area contributed by atoms with Crippen molar-refractivity contribution in [2.45, 2.75) is 9.99 Å². The molecule has 2 aromatic rings. The fourth-order valence-corrected chi connectivity index (χ4v) is 3.62. The Morgan fingerprint density at radius 3 is 2.33 bits per heavy atom. The third kappa shape index (κ3) is 2.72. The van der Waals surface area contributed by atoms with Gasteiger partial charge in [0.15, 0.2) is 9.84 Å². The lowest BCUT2D eigenvalue weighted by Crippen LogP contribution is -1.96. The van der Waals surface area contributed by atoms with Gasteiger partial charge < -0.3 is 4.52 Å². The zero-order valence-electron chi connectivity index (χ0n) is 9.68. The van der Waals surface area contributed by atoms with Crippen LogP contribution in [0.1, 0.15) is 0 Å². The molecule has 0 bridgehead atoms. The molecule has 0 amide bonds. The molecule has 0 aliphatic heterocycles. The van der Waals surface area contributed by atoms with Crippen LogP contribution in [0.4, 0.5) is 0 Å². The zero-order valence-corrected chi connectivity index (χ0v) is 13.5. The van der Waals surface area contributed by atoms with Crippen molar-refractivity contribution >= 4 is 44.2 Å². The topological polar surface area (TPSA) is 60.2 Å². The van der Waals surface area contributed by atoms with Crippen LogP contribution in [0.25, 0.3) is 11.3 Å². The van der Waals surface area contributed by atoms with E-state index in [0.29, 0.717) is 4.90 Å². The maximum atomic E-state index is 11.4. The van der Waals surface area contributed by atoms with Gasteiger partial charge in [0.1, 0.15) is 5.69 Å². The highest BCUT2D eigenvalue weighted by Crippen LogP contribution is 2.31. The Bertz CT molecular complexity index is 662. The van der Waals surface area contributed by atoms with Gasteiger partial charge in [0.25, 0.3) is 0 Å². The second-order valence-electron chi connectivity index (χ2n) is 3.63. The predicted molar refractivity (Wildman–Crippen MR) is 79.5 cm³/mol. The molecule has 7 heteroatoms. The molecule has 1 aromatic heterocycles. The van der Waals surface area contributed by atoms with E-state index in [1.165, 1.54) is 18.0 Å². The Labute approximate surface area is 123 Å². The number of sulfone groups is 1. The molecule has 0 unspecified atom stereocenters. The molecule has 2 rings (SSSR count). The highest BCUT2D eigenvalue weighted by Gasteiger charge is 2.15. The van der Waals surface area contributed by atoms with Crippen LogP contribution in [-0.2, 0) is 9.84 Å². The molecule has 4 nitrogen and oxygen atoms in total. The number of rotatable bonds is 3. The quantitative estimate of drug-likeness (QED) is 0.591. The third-order valence-electron chi connectivity index (χ3n) is 2.35. The van der Waals surface area contributed by atoms with Gasteiger partial charge in [0, 0.05) is 11.8 Å². The number of hydrogen-bond acceptors (Lipinski definition) is 5. The van der Waals surface area contributed by atoms with Gasteiger partial charge in [-0.15, -0.1) is 0 Å². The predicted octanol–water partition coefficient (Wildman–Crippen LogP) is 3.07. The van der Waals surface area contributed by atoms with Crippen molar-refractivity contribution in [3.05, 3.63) is 27.8 Å². The Balaban J connectivity index is 2.43. The molecular weight excluding hydrogens is 385 g/mol. The van der Waals surface area contributed by atoms with Gasteiger partial charge in [0.2, 0.25) is 5.09 Å². The molecule has 0 saturated carbocycles. The molecule has 96 valence electrons. The van der Waals surface area contributed by atoms with E-state index in [9.17, 15) is 8.42 Å². The molecule has 1 aromatic carbocycles. The van der Waals surface area contributed by atoms with E-state index in [2.05, 4.69) is 27.7 Å². The summed E-state index contributed by atoms with van der Waals surface area (Å²) >= 11 is 3.65. The smallest absolute Gasteiger partial charge is 0.206 e. The molecule has 0 aliphatic carbocycles. The Morgan fingerprint density at radius 1 is 1.28 bits per heavy atom.